The summed E-state index contributed by atoms with van der Waals surface area (Å²) in [5.41, 5.74) is 0.816. The number of benzene rings is 2. The number of nitro benzene ring substituents is 1. The quantitative estimate of drug-likeness (QED) is 0.669. The normalized spacial score (nSPS) is 14.0. The molecule has 1 heterocycles. The number of carbonyl (C=O) groups is 1. The first-order valence-electron chi connectivity index (χ1n) is 7.41. The highest BCUT2D eigenvalue weighted by Gasteiger charge is 2.26. The lowest BCUT2D eigenvalue weighted by atomic mass is 9.91. The zero-order valence-corrected chi connectivity index (χ0v) is 12.7. The Balaban J connectivity index is 1.94. The number of hydrogen-bond acceptors (Lipinski definition) is 5. The summed E-state index contributed by atoms with van der Waals surface area (Å²) in [7, 11) is 0. The molecule has 124 valence electrons. The molecule has 7 heteroatoms. The zero-order valence-electron chi connectivity index (χ0n) is 12.7. The number of aliphatic carboxylic acids is 1. The van der Waals surface area contributed by atoms with Crippen LogP contribution in [0.3, 0.4) is 0 Å². The Morgan fingerprint density at radius 1 is 1.17 bits per heavy atom. The van der Waals surface area contributed by atoms with Gasteiger partial charge >= 0.3 is 5.97 Å². The van der Waals surface area contributed by atoms with Crippen molar-refractivity contribution in [3.8, 4) is 11.5 Å². The molecular formula is C17H15NO6. The molecule has 1 atom stereocenters. The van der Waals surface area contributed by atoms with E-state index >= 15 is 0 Å². The minimum Gasteiger partial charge on any atom is -0.486 e. The van der Waals surface area contributed by atoms with E-state index in [-0.39, 0.29) is 12.1 Å². The maximum Gasteiger partial charge on any atom is 0.311 e. The first-order valence-corrected chi connectivity index (χ1v) is 7.41. The van der Waals surface area contributed by atoms with Gasteiger partial charge < -0.3 is 14.6 Å². The van der Waals surface area contributed by atoms with Gasteiger partial charge in [0, 0.05) is 11.6 Å². The highest BCUT2D eigenvalue weighted by atomic mass is 16.6. The summed E-state index contributed by atoms with van der Waals surface area (Å²) in [4.78, 5) is 22.3. The minimum absolute atomic E-state index is 0.0200. The summed E-state index contributed by atoms with van der Waals surface area (Å²) >= 11 is 0. The molecule has 2 aromatic rings. The van der Waals surface area contributed by atoms with Crippen molar-refractivity contribution in [1.29, 1.82) is 0 Å². The van der Waals surface area contributed by atoms with Gasteiger partial charge in [-0.05, 0) is 24.1 Å². The van der Waals surface area contributed by atoms with Gasteiger partial charge in [0.05, 0.1) is 10.8 Å². The highest BCUT2D eigenvalue weighted by molar-refractivity contribution is 5.77. The van der Waals surface area contributed by atoms with E-state index in [0.717, 1.165) is 0 Å². The standard InChI is InChI=1S/C17H15NO6/c19-17(20)13(9-12-3-1-2-4-14(12)18(21)22)11-5-6-15-16(10-11)24-8-7-23-15/h1-6,10,13H,7-9H2,(H,19,20). The first kappa shape index (κ1) is 15.8. The van der Waals surface area contributed by atoms with E-state index in [1.165, 1.54) is 6.07 Å². The second-order valence-corrected chi connectivity index (χ2v) is 5.38. The number of nitro groups is 1. The molecule has 2 aromatic carbocycles. The van der Waals surface area contributed by atoms with Crippen LogP contribution >= 0.6 is 0 Å². The van der Waals surface area contributed by atoms with Crippen LogP contribution in [-0.4, -0.2) is 29.2 Å². The Labute approximate surface area is 137 Å². The number of ether oxygens (including phenoxy) is 2. The number of para-hydroxylation sites is 1. The summed E-state index contributed by atoms with van der Waals surface area (Å²) in [5.74, 6) is -0.904. The van der Waals surface area contributed by atoms with E-state index < -0.39 is 16.8 Å². The molecule has 3 rings (SSSR count). The first-order chi connectivity index (χ1) is 11.6. The molecule has 0 amide bonds. The van der Waals surface area contributed by atoms with E-state index in [1.807, 2.05) is 0 Å². The lowest BCUT2D eigenvalue weighted by molar-refractivity contribution is -0.385. The summed E-state index contributed by atoms with van der Waals surface area (Å²) in [6.07, 6.45) is 0.0200. The second kappa shape index (κ2) is 6.57. The Bertz CT molecular complexity index is 788. The van der Waals surface area contributed by atoms with Crippen LogP contribution in [0.2, 0.25) is 0 Å². The van der Waals surface area contributed by atoms with E-state index in [2.05, 4.69) is 0 Å². The smallest absolute Gasteiger partial charge is 0.311 e. The number of fused-ring (bicyclic) bond motifs is 1. The predicted octanol–water partition coefficient (Wildman–Crippen LogP) is 2.78. The molecule has 0 aromatic heterocycles. The molecule has 0 radical (unpaired) electrons. The van der Waals surface area contributed by atoms with E-state index in [0.29, 0.717) is 35.8 Å². The molecule has 0 spiro atoms. The maximum absolute atomic E-state index is 11.7. The van der Waals surface area contributed by atoms with E-state index in [9.17, 15) is 20.0 Å². The van der Waals surface area contributed by atoms with Gasteiger partial charge in [0.25, 0.3) is 5.69 Å². The van der Waals surface area contributed by atoms with Crippen LogP contribution in [0.4, 0.5) is 5.69 Å². The molecule has 0 saturated carbocycles. The topological polar surface area (TPSA) is 98.9 Å². The summed E-state index contributed by atoms with van der Waals surface area (Å²) in [5, 5.41) is 20.7. The van der Waals surface area contributed by atoms with Gasteiger partial charge in [0.15, 0.2) is 11.5 Å². The van der Waals surface area contributed by atoms with Crippen LogP contribution in [0.1, 0.15) is 17.0 Å². The van der Waals surface area contributed by atoms with Crippen molar-refractivity contribution in [3.63, 3.8) is 0 Å². The molecule has 1 aliphatic heterocycles. The fraction of sp³-hybridized carbons (Fsp3) is 0.235. The Morgan fingerprint density at radius 2 is 1.88 bits per heavy atom. The van der Waals surface area contributed by atoms with Crippen molar-refractivity contribution in [1.82, 2.24) is 0 Å². The van der Waals surface area contributed by atoms with Gasteiger partial charge in [-0.25, -0.2) is 0 Å². The molecule has 1 aliphatic rings. The molecule has 0 bridgehead atoms. The molecule has 1 N–H and O–H groups in total. The lowest BCUT2D eigenvalue weighted by Crippen LogP contribution is -2.18. The molecule has 7 nitrogen and oxygen atoms in total. The van der Waals surface area contributed by atoms with Crippen LogP contribution in [0, 0.1) is 10.1 Å². The van der Waals surface area contributed by atoms with E-state index in [1.54, 1.807) is 36.4 Å². The van der Waals surface area contributed by atoms with Gasteiger partial charge in [-0.1, -0.05) is 24.3 Å². The highest BCUT2D eigenvalue weighted by Crippen LogP contribution is 2.35. The summed E-state index contributed by atoms with van der Waals surface area (Å²) in [6.45, 7) is 0.850. The summed E-state index contributed by atoms with van der Waals surface area (Å²) in [6, 6.07) is 11.1. The third-order valence-electron chi connectivity index (χ3n) is 3.88. The Kier molecular flexibility index (Phi) is 4.33. The molecular weight excluding hydrogens is 314 g/mol. The van der Waals surface area contributed by atoms with Gasteiger partial charge in [0.1, 0.15) is 13.2 Å². The Hall–Kier alpha value is -3.09. The van der Waals surface area contributed by atoms with Crippen LogP contribution in [0.5, 0.6) is 11.5 Å². The number of carboxylic acid groups (broad SMARTS) is 1. The average molecular weight is 329 g/mol. The summed E-state index contributed by atoms with van der Waals surface area (Å²) < 4.78 is 10.9. The number of nitrogens with zero attached hydrogens (tertiary/aromatic N) is 1. The predicted molar refractivity (Wildman–Crippen MR) is 84.6 cm³/mol. The van der Waals surface area contributed by atoms with Crippen LogP contribution in [0.25, 0.3) is 0 Å². The van der Waals surface area contributed by atoms with Gasteiger partial charge in [0.2, 0.25) is 0 Å². The van der Waals surface area contributed by atoms with Crippen molar-refractivity contribution in [2.24, 2.45) is 0 Å². The van der Waals surface area contributed by atoms with Crippen molar-refractivity contribution in [2.75, 3.05) is 13.2 Å². The van der Waals surface area contributed by atoms with Gasteiger partial charge in [-0.15, -0.1) is 0 Å². The Morgan fingerprint density at radius 3 is 2.58 bits per heavy atom. The number of hydrogen-bond donors (Lipinski definition) is 1. The lowest BCUT2D eigenvalue weighted by Gasteiger charge is -2.20. The monoisotopic (exact) mass is 329 g/mol. The second-order valence-electron chi connectivity index (χ2n) is 5.38. The van der Waals surface area contributed by atoms with Crippen molar-refractivity contribution < 1.29 is 24.3 Å². The fourth-order valence-corrected chi connectivity index (χ4v) is 2.71. The maximum atomic E-state index is 11.7. The van der Waals surface area contributed by atoms with E-state index in [4.69, 9.17) is 9.47 Å². The van der Waals surface area contributed by atoms with Crippen molar-refractivity contribution in [3.05, 3.63) is 63.7 Å². The van der Waals surface area contributed by atoms with Crippen molar-refractivity contribution >= 4 is 11.7 Å². The van der Waals surface area contributed by atoms with Crippen LogP contribution < -0.4 is 9.47 Å². The van der Waals surface area contributed by atoms with Gasteiger partial charge in [-0.2, -0.15) is 0 Å². The van der Waals surface area contributed by atoms with Crippen LogP contribution in [0.15, 0.2) is 42.5 Å². The van der Waals surface area contributed by atoms with Crippen LogP contribution in [-0.2, 0) is 11.2 Å². The largest absolute Gasteiger partial charge is 0.486 e. The third-order valence-corrected chi connectivity index (χ3v) is 3.88. The molecule has 0 fully saturated rings. The number of rotatable bonds is 5. The SMILES string of the molecule is O=C(O)C(Cc1ccccc1[N+](=O)[O-])c1ccc2c(c1)OCCO2. The number of carboxylic acids is 1. The minimum atomic E-state index is -1.05. The average Bonchev–Trinajstić information content (AvgIpc) is 2.59. The molecule has 0 saturated heterocycles. The fourth-order valence-electron chi connectivity index (χ4n) is 2.71. The molecule has 24 heavy (non-hydrogen) atoms. The zero-order chi connectivity index (χ0) is 17.1. The molecule has 1 unspecified atom stereocenters. The van der Waals surface area contributed by atoms with Crippen molar-refractivity contribution in [2.45, 2.75) is 12.3 Å². The molecule has 0 aliphatic carbocycles. The third kappa shape index (κ3) is 3.15. The van der Waals surface area contributed by atoms with Gasteiger partial charge in [-0.3, -0.25) is 14.9 Å².